The van der Waals surface area contributed by atoms with Crippen molar-refractivity contribution in [2.45, 2.75) is 0 Å². The number of rotatable bonds is 6. The summed E-state index contributed by atoms with van der Waals surface area (Å²) in [5, 5.41) is 0. The van der Waals surface area contributed by atoms with E-state index in [9.17, 15) is 21.4 Å². The Hall–Kier alpha value is -1.24. The Morgan fingerprint density at radius 1 is 1.22 bits per heavy atom. The highest BCUT2D eigenvalue weighted by molar-refractivity contribution is 7.88. The predicted molar refractivity (Wildman–Crippen MR) is 51.3 cm³/mol. The van der Waals surface area contributed by atoms with E-state index in [0.29, 0.717) is 4.73 Å². The second-order valence-electron chi connectivity index (χ2n) is 2.40. The van der Waals surface area contributed by atoms with Crippen LogP contribution in [0.5, 0.6) is 0 Å². The van der Waals surface area contributed by atoms with Crippen molar-refractivity contribution in [1.29, 1.82) is 0 Å². The first kappa shape index (κ1) is 14.8. The third kappa shape index (κ3) is 5.90. The van der Waals surface area contributed by atoms with Gasteiger partial charge in [-0.25, -0.2) is 0 Å². The van der Waals surface area contributed by atoms with Crippen LogP contribution < -0.4 is 9.01 Å². The topological polar surface area (TPSA) is 150 Å². The fourth-order valence-corrected chi connectivity index (χ4v) is 2.59. The number of hydrogen-bond donors (Lipinski definition) is 1. The Labute approximate surface area is 102 Å². The van der Waals surface area contributed by atoms with E-state index in [-0.39, 0.29) is 0 Å². The Morgan fingerprint density at radius 2 is 1.89 bits per heavy atom. The van der Waals surface area contributed by atoms with Crippen molar-refractivity contribution in [1.82, 2.24) is 4.98 Å². The van der Waals surface area contributed by atoms with Crippen molar-refractivity contribution in [3.63, 3.8) is 0 Å². The molecule has 0 bridgehead atoms. The maximum Gasteiger partial charge on any atom is 0.736 e. The maximum atomic E-state index is 11.1. The van der Waals surface area contributed by atoms with Crippen molar-refractivity contribution >= 4 is 29.1 Å². The van der Waals surface area contributed by atoms with Crippen LogP contribution in [-0.4, -0.2) is 26.4 Å². The Balaban J connectivity index is 2.69. The molecule has 1 N–H and O–H groups in total. The molecular formula is C4H5N2O9PS2+2. The fourth-order valence-electron chi connectivity index (χ4n) is 0.643. The zero-order chi connectivity index (χ0) is 13.8. The number of nitrogens with zero attached hydrogens (tertiary/aromatic N) is 2. The molecule has 0 aliphatic rings. The summed E-state index contributed by atoms with van der Waals surface area (Å²) < 4.78 is 72.9. The molecule has 14 heteroatoms. The smallest absolute Gasteiger partial charge is 0.261 e. The lowest BCUT2D eigenvalue weighted by atomic mass is 10.7. The number of aromatic nitrogens is 2. The van der Waals surface area contributed by atoms with Crippen molar-refractivity contribution in [2.24, 2.45) is 0 Å². The van der Waals surface area contributed by atoms with Gasteiger partial charge in [-0.15, -0.1) is 0 Å². The van der Waals surface area contributed by atoms with Crippen LogP contribution in [0.1, 0.15) is 0 Å². The van der Waals surface area contributed by atoms with E-state index >= 15 is 0 Å². The van der Waals surface area contributed by atoms with Crippen LogP contribution in [-0.2, 0) is 33.3 Å². The molecule has 0 fully saturated rings. The summed E-state index contributed by atoms with van der Waals surface area (Å²) in [6, 6.07) is 1.31. The molecule has 1 heterocycles. The SMILES string of the molecule is O=[P+](OS(=O)(=O)O)OS(=O)(=O)O[n+]1cccnc1. The minimum atomic E-state index is -5.12. The van der Waals surface area contributed by atoms with E-state index in [1.807, 2.05) is 0 Å². The van der Waals surface area contributed by atoms with Crippen LogP contribution in [0.25, 0.3) is 0 Å². The van der Waals surface area contributed by atoms with Gasteiger partial charge in [-0.2, -0.15) is 21.1 Å². The summed E-state index contributed by atoms with van der Waals surface area (Å²) in [5.74, 6) is 0. The fraction of sp³-hybridized carbons (Fsp3) is 0. The van der Waals surface area contributed by atoms with Crippen molar-refractivity contribution in [3.05, 3.63) is 24.8 Å². The summed E-state index contributed by atoms with van der Waals surface area (Å²) in [7, 11) is -13.7. The van der Waals surface area contributed by atoms with Gasteiger partial charge in [0.2, 0.25) is 0 Å². The Bertz CT molecular complexity index is 626. The van der Waals surface area contributed by atoms with Crippen molar-refractivity contribution in [2.75, 3.05) is 0 Å². The lowest BCUT2D eigenvalue weighted by Gasteiger charge is -1.94. The molecule has 0 spiro atoms. The van der Waals surface area contributed by atoms with Crippen LogP contribution in [0.15, 0.2) is 24.8 Å². The van der Waals surface area contributed by atoms with Gasteiger partial charge in [-0.3, -0.25) is 4.55 Å². The summed E-state index contributed by atoms with van der Waals surface area (Å²) >= 11 is 0. The lowest BCUT2D eigenvalue weighted by Crippen LogP contribution is -2.45. The van der Waals surface area contributed by atoms with Gasteiger partial charge in [0.15, 0.2) is 0 Å². The van der Waals surface area contributed by atoms with Crippen LogP contribution in [0.2, 0.25) is 0 Å². The molecule has 1 rings (SSSR count). The van der Waals surface area contributed by atoms with Gasteiger partial charge < -0.3 is 0 Å². The first-order valence-corrected chi connectivity index (χ1v) is 7.57. The minimum absolute atomic E-state index is 0.575. The summed E-state index contributed by atoms with van der Waals surface area (Å²) in [4.78, 5) is 3.49. The second kappa shape index (κ2) is 5.60. The van der Waals surface area contributed by atoms with Gasteiger partial charge in [0.05, 0.1) is 3.97 Å². The highest BCUT2D eigenvalue weighted by atomic mass is 32.3. The van der Waals surface area contributed by atoms with Gasteiger partial charge in [-0.05, 0) is 4.73 Å². The predicted octanol–water partition coefficient (Wildman–Crippen LogP) is -1.46. The average molecular weight is 320 g/mol. The van der Waals surface area contributed by atoms with E-state index in [2.05, 4.69) is 17.2 Å². The molecule has 0 saturated heterocycles. The zero-order valence-corrected chi connectivity index (χ0v) is 10.7. The van der Waals surface area contributed by atoms with Gasteiger partial charge in [0.1, 0.15) is 12.4 Å². The average Bonchev–Trinajstić information content (AvgIpc) is 2.13. The van der Waals surface area contributed by atoms with E-state index in [0.717, 1.165) is 12.5 Å². The molecule has 0 amide bonds. The molecule has 1 aromatic heterocycles. The van der Waals surface area contributed by atoms with E-state index in [4.69, 9.17) is 4.55 Å². The normalized spacial score (nSPS) is 13.1. The molecule has 100 valence electrons. The highest BCUT2D eigenvalue weighted by Crippen LogP contribution is 2.28. The molecule has 1 aromatic rings. The molecule has 11 nitrogen and oxygen atoms in total. The van der Waals surface area contributed by atoms with E-state index < -0.39 is 29.1 Å². The minimum Gasteiger partial charge on any atom is -0.261 e. The van der Waals surface area contributed by atoms with Gasteiger partial charge in [0, 0.05) is 14.6 Å². The largest absolute Gasteiger partial charge is 0.736 e. The van der Waals surface area contributed by atoms with E-state index in [1.165, 1.54) is 12.3 Å². The van der Waals surface area contributed by atoms with Gasteiger partial charge in [-0.1, -0.05) is 4.98 Å². The van der Waals surface area contributed by atoms with Gasteiger partial charge >= 0.3 is 35.4 Å². The van der Waals surface area contributed by atoms with Crippen molar-refractivity contribution in [3.8, 4) is 0 Å². The maximum absolute atomic E-state index is 11.1. The Morgan fingerprint density at radius 3 is 2.39 bits per heavy atom. The van der Waals surface area contributed by atoms with Crippen LogP contribution >= 0.6 is 8.25 Å². The van der Waals surface area contributed by atoms with Crippen LogP contribution in [0.4, 0.5) is 0 Å². The third-order valence-corrected chi connectivity index (χ3v) is 3.88. The quantitative estimate of drug-likeness (QED) is 0.374. The third-order valence-electron chi connectivity index (χ3n) is 1.07. The van der Waals surface area contributed by atoms with Crippen LogP contribution in [0, 0.1) is 0 Å². The summed E-state index contributed by atoms with van der Waals surface area (Å²) in [6.07, 6.45) is 3.36. The molecule has 0 saturated carbocycles. The standard InChI is InChI=1S/C4H4N2O9PS2/c7-16(14-17(8,9)10)15-18(11,12)13-6-3-1-2-5-4-6/h1-4H/q+1/p+1. The first-order chi connectivity index (χ1) is 8.18. The molecule has 0 aliphatic carbocycles. The summed E-state index contributed by atoms with van der Waals surface area (Å²) in [5.41, 5.74) is 0. The molecule has 0 aliphatic heterocycles. The van der Waals surface area contributed by atoms with Crippen LogP contribution in [0.3, 0.4) is 0 Å². The lowest BCUT2D eigenvalue weighted by molar-refractivity contribution is -0.859. The monoisotopic (exact) mass is 320 g/mol. The molecule has 1 atom stereocenters. The highest BCUT2D eigenvalue weighted by Gasteiger charge is 2.40. The summed E-state index contributed by atoms with van der Waals surface area (Å²) in [6.45, 7) is 0. The molecule has 1 unspecified atom stereocenters. The first-order valence-electron chi connectivity index (χ1n) is 3.78. The number of hydrogen-bond acceptors (Lipinski definition) is 9. The molecular weight excluding hydrogens is 315 g/mol. The molecule has 18 heavy (non-hydrogen) atoms. The van der Waals surface area contributed by atoms with Crippen molar-refractivity contribution < 1.29 is 42.9 Å². The molecule has 0 radical (unpaired) electrons. The van der Waals surface area contributed by atoms with E-state index in [1.54, 1.807) is 0 Å². The second-order valence-corrected chi connectivity index (χ2v) is 5.86. The Kier molecular flexibility index (Phi) is 4.61. The zero-order valence-electron chi connectivity index (χ0n) is 8.18. The molecule has 0 aromatic carbocycles. The van der Waals surface area contributed by atoms with Gasteiger partial charge in [0.25, 0.3) is 0 Å².